The van der Waals surface area contributed by atoms with Gasteiger partial charge in [0.1, 0.15) is 0 Å². The van der Waals surface area contributed by atoms with Crippen molar-refractivity contribution in [2.24, 2.45) is 0 Å². The highest BCUT2D eigenvalue weighted by atomic mass is 14.9. The van der Waals surface area contributed by atoms with Crippen molar-refractivity contribution in [1.29, 1.82) is 0 Å². The molecule has 1 aliphatic rings. The maximum atomic E-state index is 2.38. The van der Waals surface area contributed by atoms with Gasteiger partial charge in [0, 0.05) is 53.4 Å². The highest BCUT2D eigenvalue weighted by Gasteiger charge is 2.38. The number of fused-ring (bicyclic) bond motifs is 3. The standard InChI is InChI=1S/C31H26N2/c1-31(2)29-21-24(23-15-18-32(19-16-23)25-9-5-3-6-10-25)13-14-27(29)28-17-20-33(22-30(28)31)26-11-7-4-8-12-26/h3-22H,1-2H3/q+2. The molecule has 33 heavy (non-hydrogen) atoms. The second-order valence-corrected chi connectivity index (χ2v) is 9.23. The molecule has 2 aromatic heterocycles. The van der Waals surface area contributed by atoms with E-state index in [1.807, 2.05) is 6.07 Å². The molecule has 0 atom stereocenters. The molecule has 0 bridgehead atoms. The quantitative estimate of drug-likeness (QED) is 0.303. The number of nitrogens with zero attached hydrogens (tertiary/aromatic N) is 2. The second-order valence-electron chi connectivity index (χ2n) is 9.23. The highest BCUT2D eigenvalue weighted by molar-refractivity contribution is 5.82. The topological polar surface area (TPSA) is 7.76 Å². The first-order chi connectivity index (χ1) is 16.1. The van der Waals surface area contributed by atoms with Crippen LogP contribution >= 0.6 is 0 Å². The number of aromatic nitrogens is 2. The molecular weight excluding hydrogens is 400 g/mol. The van der Waals surface area contributed by atoms with E-state index in [2.05, 4.69) is 139 Å². The number of hydrogen-bond acceptors (Lipinski definition) is 0. The number of benzene rings is 3. The van der Waals surface area contributed by atoms with Crippen LogP contribution in [0.4, 0.5) is 0 Å². The fourth-order valence-electron chi connectivity index (χ4n) is 5.00. The van der Waals surface area contributed by atoms with E-state index >= 15 is 0 Å². The third-order valence-corrected chi connectivity index (χ3v) is 6.89. The molecule has 0 saturated carbocycles. The molecule has 5 aromatic rings. The third-order valence-electron chi connectivity index (χ3n) is 6.89. The lowest BCUT2D eigenvalue weighted by Gasteiger charge is -2.20. The lowest BCUT2D eigenvalue weighted by Crippen LogP contribution is -2.32. The second kappa shape index (κ2) is 7.53. The molecule has 6 rings (SSSR count). The van der Waals surface area contributed by atoms with Gasteiger partial charge >= 0.3 is 0 Å². The summed E-state index contributed by atoms with van der Waals surface area (Å²) in [6.07, 6.45) is 8.75. The maximum Gasteiger partial charge on any atom is 0.210 e. The lowest BCUT2D eigenvalue weighted by molar-refractivity contribution is -0.596. The Morgan fingerprint density at radius 2 is 1.09 bits per heavy atom. The van der Waals surface area contributed by atoms with E-state index in [-0.39, 0.29) is 5.41 Å². The summed E-state index contributed by atoms with van der Waals surface area (Å²) in [7, 11) is 0. The minimum Gasteiger partial charge on any atom is -0.167 e. The molecule has 0 unspecified atom stereocenters. The van der Waals surface area contributed by atoms with Crippen molar-refractivity contribution < 1.29 is 9.13 Å². The van der Waals surface area contributed by atoms with Gasteiger partial charge in [-0.15, -0.1) is 0 Å². The average Bonchev–Trinajstić information content (AvgIpc) is 3.11. The SMILES string of the molecule is CC1(C)c2cc(-c3cc[n+](-c4ccccc4)cc3)ccc2-c2cc[n+](-c3ccccc3)cc21. The molecule has 0 saturated heterocycles. The molecule has 0 fully saturated rings. The van der Waals surface area contributed by atoms with E-state index in [4.69, 9.17) is 0 Å². The maximum absolute atomic E-state index is 2.38. The van der Waals surface area contributed by atoms with Crippen molar-refractivity contribution in [3.05, 3.63) is 133 Å². The predicted molar refractivity (Wildman–Crippen MR) is 133 cm³/mol. The number of rotatable bonds is 3. The van der Waals surface area contributed by atoms with Crippen molar-refractivity contribution in [3.8, 4) is 33.6 Å². The Bertz CT molecular complexity index is 1450. The van der Waals surface area contributed by atoms with Crippen molar-refractivity contribution in [2.75, 3.05) is 0 Å². The van der Waals surface area contributed by atoms with Gasteiger partial charge in [0.15, 0.2) is 24.8 Å². The van der Waals surface area contributed by atoms with E-state index in [1.165, 1.54) is 44.8 Å². The third kappa shape index (κ3) is 3.27. The molecular formula is C31H26N2+2. The number of para-hydroxylation sites is 2. The molecule has 158 valence electrons. The Hall–Kier alpha value is -4.04. The van der Waals surface area contributed by atoms with Gasteiger partial charge in [0.05, 0.1) is 0 Å². The minimum atomic E-state index is -0.0583. The van der Waals surface area contributed by atoms with Gasteiger partial charge in [-0.25, -0.2) is 0 Å². The Morgan fingerprint density at radius 1 is 0.515 bits per heavy atom. The molecule has 1 aliphatic carbocycles. The van der Waals surface area contributed by atoms with Crippen LogP contribution in [-0.4, -0.2) is 0 Å². The van der Waals surface area contributed by atoms with Gasteiger partial charge in [-0.3, -0.25) is 0 Å². The zero-order chi connectivity index (χ0) is 22.4. The van der Waals surface area contributed by atoms with Crippen LogP contribution in [0.1, 0.15) is 25.0 Å². The van der Waals surface area contributed by atoms with Gasteiger partial charge in [-0.2, -0.15) is 9.13 Å². The zero-order valence-electron chi connectivity index (χ0n) is 18.9. The predicted octanol–water partition coefficient (Wildman–Crippen LogP) is 6.21. The van der Waals surface area contributed by atoms with Crippen LogP contribution in [-0.2, 0) is 5.41 Å². The first kappa shape index (κ1) is 19.6. The van der Waals surface area contributed by atoms with Crippen molar-refractivity contribution in [1.82, 2.24) is 0 Å². The first-order valence-electron chi connectivity index (χ1n) is 11.4. The Balaban J connectivity index is 1.38. The zero-order valence-corrected chi connectivity index (χ0v) is 18.9. The Kier molecular flexibility index (Phi) is 4.48. The van der Waals surface area contributed by atoms with E-state index in [0.29, 0.717) is 0 Å². The van der Waals surface area contributed by atoms with E-state index in [1.54, 1.807) is 0 Å². The summed E-state index contributed by atoms with van der Waals surface area (Å²) in [6.45, 7) is 4.68. The van der Waals surface area contributed by atoms with Crippen LogP contribution in [0.15, 0.2) is 122 Å². The monoisotopic (exact) mass is 426 g/mol. The van der Waals surface area contributed by atoms with Gasteiger partial charge in [0.2, 0.25) is 11.4 Å². The first-order valence-corrected chi connectivity index (χ1v) is 11.4. The van der Waals surface area contributed by atoms with E-state index in [0.717, 1.165) is 0 Å². The van der Waals surface area contributed by atoms with Crippen molar-refractivity contribution in [3.63, 3.8) is 0 Å². The molecule has 0 N–H and O–H groups in total. The summed E-state index contributed by atoms with van der Waals surface area (Å²) in [5, 5.41) is 0. The van der Waals surface area contributed by atoms with Gasteiger partial charge in [0.25, 0.3) is 0 Å². The molecule has 0 amide bonds. The van der Waals surface area contributed by atoms with E-state index < -0.39 is 0 Å². The fraction of sp³-hybridized carbons (Fsp3) is 0.0968. The molecule has 0 radical (unpaired) electrons. The normalized spacial score (nSPS) is 13.4. The molecule has 0 spiro atoms. The van der Waals surface area contributed by atoms with Crippen LogP contribution in [0.5, 0.6) is 0 Å². The summed E-state index contributed by atoms with van der Waals surface area (Å²) in [5.41, 5.74) is 10.2. The van der Waals surface area contributed by atoms with Gasteiger partial charge in [-0.05, 0) is 33.9 Å². The van der Waals surface area contributed by atoms with Crippen molar-refractivity contribution >= 4 is 0 Å². The Labute approximate surface area is 195 Å². The molecule has 2 heteroatoms. The Morgan fingerprint density at radius 3 is 1.76 bits per heavy atom. The largest absolute Gasteiger partial charge is 0.210 e. The highest BCUT2D eigenvalue weighted by Crippen LogP contribution is 2.49. The van der Waals surface area contributed by atoms with Crippen molar-refractivity contribution in [2.45, 2.75) is 19.3 Å². The summed E-state index contributed by atoms with van der Waals surface area (Å²) >= 11 is 0. The van der Waals surface area contributed by atoms with Crippen LogP contribution in [0, 0.1) is 0 Å². The number of hydrogen-bond donors (Lipinski definition) is 0. The van der Waals surface area contributed by atoms with Crippen LogP contribution in [0.25, 0.3) is 33.6 Å². The summed E-state index contributed by atoms with van der Waals surface area (Å²) in [4.78, 5) is 0. The molecule has 0 aliphatic heterocycles. The lowest BCUT2D eigenvalue weighted by atomic mass is 9.82. The smallest absolute Gasteiger partial charge is 0.167 e. The fourth-order valence-corrected chi connectivity index (χ4v) is 5.00. The minimum absolute atomic E-state index is 0.0583. The number of pyridine rings is 2. The van der Waals surface area contributed by atoms with Crippen LogP contribution in [0.3, 0.4) is 0 Å². The summed E-state index contributed by atoms with van der Waals surface area (Å²) < 4.78 is 4.38. The summed E-state index contributed by atoms with van der Waals surface area (Å²) in [5.74, 6) is 0. The van der Waals surface area contributed by atoms with Gasteiger partial charge in [-0.1, -0.05) is 62.4 Å². The molecule has 2 nitrogen and oxygen atoms in total. The van der Waals surface area contributed by atoms with E-state index in [9.17, 15) is 0 Å². The average molecular weight is 427 g/mol. The van der Waals surface area contributed by atoms with Crippen LogP contribution < -0.4 is 9.13 Å². The van der Waals surface area contributed by atoms with Crippen LogP contribution in [0.2, 0.25) is 0 Å². The summed E-state index contributed by atoms with van der Waals surface area (Å²) in [6, 6.07) is 34.6. The van der Waals surface area contributed by atoms with Gasteiger partial charge < -0.3 is 0 Å². The molecule has 3 aromatic carbocycles. The molecule has 2 heterocycles.